The molecule has 3 heterocycles. The number of aromatic nitrogens is 4. The summed E-state index contributed by atoms with van der Waals surface area (Å²) >= 11 is 0. The van der Waals surface area contributed by atoms with Crippen LogP contribution in [0.5, 0.6) is 11.5 Å². The molecule has 0 N–H and O–H groups in total. The van der Waals surface area contributed by atoms with Crippen molar-refractivity contribution in [2.45, 2.75) is 92.3 Å². The SMILES string of the molecule is [2H]C([2H])([2H])c1cnc(-n2c3ccccc3c3ccc(Oc4cccc(-n5c[n+](-c6cc(C(C)(C)C)cc(C(C)(C)C)c6)c6c[c-]ccc65)c4)cc32)c(C([2H])([2H])[2H])c1-c1ccc(C(C)(C)C)cc1. The number of aryl methyl sites for hydroxylation is 1. The molecule has 0 atom stereocenters. The van der Waals surface area contributed by atoms with E-state index in [-0.39, 0.29) is 38.8 Å². The van der Waals surface area contributed by atoms with E-state index in [1.165, 1.54) is 17.3 Å². The molecule has 0 fully saturated rings. The summed E-state index contributed by atoms with van der Waals surface area (Å²) in [6, 6.07) is 45.2. The van der Waals surface area contributed by atoms with Crippen molar-refractivity contribution in [3.05, 3.63) is 174 Å². The number of hydrogen-bond acceptors (Lipinski definition) is 2. The molecule has 0 saturated carbocycles. The quantitative estimate of drug-likeness (QED) is 0.124. The highest BCUT2D eigenvalue weighted by Gasteiger charge is 2.24. The van der Waals surface area contributed by atoms with Crippen molar-refractivity contribution >= 4 is 32.8 Å². The van der Waals surface area contributed by atoms with Crippen LogP contribution in [0, 0.1) is 19.8 Å². The van der Waals surface area contributed by atoms with Crippen LogP contribution in [-0.4, -0.2) is 14.1 Å². The average molecular weight is 807 g/mol. The second-order valence-corrected chi connectivity index (χ2v) is 19.2. The van der Waals surface area contributed by atoms with E-state index < -0.39 is 13.7 Å². The summed E-state index contributed by atoms with van der Waals surface area (Å²) in [5.74, 6) is 1.25. The van der Waals surface area contributed by atoms with E-state index in [2.05, 4.69) is 114 Å². The number of rotatable bonds is 6. The van der Waals surface area contributed by atoms with Crippen molar-refractivity contribution in [1.82, 2.24) is 14.1 Å². The van der Waals surface area contributed by atoms with Crippen LogP contribution in [0.3, 0.4) is 0 Å². The van der Waals surface area contributed by atoms with Gasteiger partial charge in [-0.25, -0.2) is 9.55 Å². The van der Waals surface area contributed by atoms with Crippen LogP contribution in [0.2, 0.25) is 0 Å². The Balaban J connectivity index is 1.18. The van der Waals surface area contributed by atoms with E-state index in [9.17, 15) is 0 Å². The number of nitrogens with zero attached hydrogens (tertiary/aromatic N) is 4. The van der Waals surface area contributed by atoms with Crippen molar-refractivity contribution in [2.75, 3.05) is 0 Å². The van der Waals surface area contributed by atoms with Gasteiger partial charge in [0.05, 0.1) is 22.1 Å². The van der Waals surface area contributed by atoms with E-state index in [1.54, 1.807) is 0 Å². The summed E-state index contributed by atoms with van der Waals surface area (Å²) in [7, 11) is 0. The van der Waals surface area contributed by atoms with Gasteiger partial charge in [0.2, 0.25) is 6.33 Å². The van der Waals surface area contributed by atoms with Gasteiger partial charge in [-0.05, 0) is 106 Å². The first kappa shape index (κ1) is 33.3. The Hall–Kier alpha value is -6.46. The molecule has 61 heavy (non-hydrogen) atoms. The fourth-order valence-electron chi connectivity index (χ4n) is 8.26. The third kappa shape index (κ3) is 7.30. The van der Waals surface area contributed by atoms with E-state index >= 15 is 0 Å². The molecule has 0 unspecified atom stereocenters. The molecule has 3 aromatic heterocycles. The molecule has 306 valence electrons. The normalized spacial score (nSPS) is 14.4. The Morgan fingerprint density at radius 1 is 0.639 bits per heavy atom. The third-order valence-electron chi connectivity index (χ3n) is 11.8. The van der Waals surface area contributed by atoms with Crippen LogP contribution in [-0.2, 0) is 16.2 Å². The summed E-state index contributed by atoms with van der Waals surface area (Å²) in [6.07, 6.45) is 3.44. The number of pyridine rings is 1. The predicted molar refractivity (Wildman–Crippen MR) is 253 cm³/mol. The minimum Gasteiger partial charge on any atom is -0.457 e. The lowest BCUT2D eigenvalue weighted by molar-refractivity contribution is -0.567. The van der Waals surface area contributed by atoms with E-state index in [1.807, 2.05) is 102 Å². The van der Waals surface area contributed by atoms with Crippen molar-refractivity contribution in [3.63, 3.8) is 0 Å². The molecule has 6 aromatic carbocycles. The molecular formula is C56H56N4O. The average Bonchev–Trinajstić information content (AvgIpc) is 3.80. The van der Waals surface area contributed by atoms with Gasteiger partial charge in [-0.1, -0.05) is 117 Å². The van der Waals surface area contributed by atoms with Gasteiger partial charge >= 0.3 is 0 Å². The van der Waals surface area contributed by atoms with E-state index in [0.29, 0.717) is 22.6 Å². The number of ether oxygens (including phenoxy) is 1. The fraction of sp³-hybridized carbons (Fsp3) is 0.250. The Bertz CT molecular complexity index is 3320. The largest absolute Gasteiger partial charge is 0.457 e. The minimum absolute atomic E-state index is 0.0510. The van der Waals surface area contributed by atoms with Crippen LogP contribution >= 0.6 is 0 Å². The van der Waals surface area contributed by atoms with Crippen molar-refractivity contribution < 1.29 is 17.5 Å². The van der Waals surface area contributed by atoms with Crippen LogP contribution < -0.4 is 9.30 Å². The molecule has 0 spiro atoms. The molecular weight excluding hydrogens is 745 g/mol. The lowest BCUT2D eigenvalue weighted by atomic mass is 9.80. The molecule has 0 aliphatic heterocycles. The highest BCUT2D eigenvalue weighted by atomic mass is 16.5. The molecule has 0 radical (unpaired) electrons. The minimum atomic E-state index is -2.75. The molecule has 0 aliphatic carbocycles. The molecule has 0 bridgehead atoms. The molecule has 0 amide bonds. The van der Waals surface area contributed by atoms with Crippen molar-refractivity contribution in [1.29, 1.82) is 0 Å². The zero-order valence-corrected chi connectivity index (χ0v) is 36.5. The highest BCUT2D eigenvalue weighted by molar-refractivity contribution is 6.09. The zero-order chi connectivity index (χ0) is 48.0. The van der Waals surface area contributed by atoms with Gasteiger partial charge in [0.25, 0.3) is 0 Å². The summed E-state index contributed by atoms with van der Waals surface area (Å²) in [5.41, 5.74) is 9.03. The Labute approximate surface area is 369 Å². The molecule has 0 saturated heterocycles. The number of para-hydroxylation sites is 1. The standard InChI is InChI=1S/C56H56N4O/c1-36-34-57-53(37(2)52(36)38-23-25-39(26-24-38)54(3,4)5)60-48-20-13-12-19-46(48)47-28-27-45(33-51(47)60)61-44-18-16-17-42(32-44)58-35-59(50-22-15-14-21-49(50)58)43-30-40(55(6,7)8)29-41(31-43)56(9,10)11/h12-14,16-35H,1-11H3/i1D3,2D3. The molecule has 9 rings (SSSR count). The maximum atomic E-state index is 8.98. The molecule has 5 heteroatoms. The molecule has 9 aromatic rings. The molecule has 0 aliphatic rings. The maximum absolute atomic E-state index is 8.98. The summed E-state index contributed by atoms with van der Waals surface area (Å²) in [6.45, 7) is 14.4. The Kier molecular flexibility index (Phi) is 7.98. The van der Waals surface area contributed by atoms with Crippen LogP contribution in [0.4, 0.5) is 0 Å². The third-order valence-corrected chi connectivity index (χ3v) is 11.8. The van der Waals surface area contributed by atoms with Crippen LogP contribution in [0.15, 0.2) is 140 Å². The van der Waals surface area contributed by atoms with Gasteiger partial charge in [-0.15, -0.1) is 12.1 Å². The first-order valence-corrected chi connectivity index (χ1v) is 20.9. The summed E-state index contributed by atoms with van der Waals surface area (Å²) < 4.78 is 65.5. The van der Waals surface area contributed by atoms with Gasteiger partial charge in [0.15, 0.2) is 0 Å². The first-order chi connectivity index (χ1) is 31.4. The van der Waals surface area contributed by atoms with Gasteiger partial charge in [0.1, 0.15) is 28.7 Å². The highest BCUT2D eigenvalue weighted by Crippen LogP contribution is 2.39. The number of fused-ring (bicyclic) bond motifs is 4. The predicted octanol–water partition coefficient (Wildman–Crippen LogP) is 14.2. The van der Waals surface area contributed by atoms with Crippen LogP contribution in [0.25, 0.3) is 61.2 Å². The monoisotopic (exact) mass is 806 g/mol. The second kappa shape index (κ2) is 14.6. The fourth-order valence-corrected chi connectivity index (χ4v) is 8.26. The maximum Gasteiger partial charge on any atom is 0.241 e. The van der Waals surface area contributed by atoms with Gasteiger partial charge in [0, 0.05) is 42.9 Å². The smallest absolute Gasteiger partial charge is 0.241 e. The number of hydrogen-bond donors (Lipinski definition) is 0. The van der Waals surface area contributed by atoms with Gasteiger partial charge in [-0.3, -0.25) is 9.13 Å². The molecule has 5 nitrogen and oxygen atoms in total. The van der Waals surface area contributed by atoms with Crippen LogP contribution in [0.1, 0.15) is 98.4 Å². The lowest BCUT2D eigenvalue weighted by Crippen LogP contribution is -2.31. The number of imidazole rings is 1. The zero-order valence-electron chi connectivity index (χ0n) is 42.5. The number of benzene rings is 6. The van der Waals surface area contributed by atoms with E-state index in [0.717, 1.165) is 44.3 Å². The summed E-state index contributed by atoms with van der Waals surface area (Å²) in [4.78, 5) is 4.73. The lowest BCUT2D eigenvalue weighted by Gasteiger charge is -2.25. The van der Waals surface area contributed by atoms with E-state index in [4.69, 9.17) is 17.9 Å². The van der Waals surface area contributed by atoms with Crippen molar-refractivity contribution in [3.8, 4) is 39.8 Å². The topological polar surface area (TPSA) is 35.9 Å². The summed E-state index contributed by atoms with van der Waals surface area (Å²) in [5, 5.41) is 1.74. The second-order valence-electron chi connectivity index (χ2n) is 19.2. The Morgan fingerprint density at radius 2 is 1.34 bits per heavy atom. The first-order valence-electron chi connectivity index (χ1n) is 23.9. The Morgan fingerprint density at radius 3 is 2.05 bits per heavy atom. The van der Waals surface area contributed by atoms with Crippen molar-refractivity contribution in [2.24, 2.45) is 0 Å². The van der Waals surface area contributed by atoms with Gasteiger partial charge in [-0.2, -0.15) is 12.1 Å². The van der Waals surface area contributed by atoms with Gasteiger partial charge < -0.3 is 4.74 Å².